The van der Waals surface area contributed by atoms with Crippen molar-refractivity contribution in [3.63, 3.8) is 0 Å². The van der Waals surface area contributed by atoms with Crippen LogP contribution < -0.4 is 10.6 Å². The number of ether oxygens (including phenoxy) is 2. The van der Waals surface area contributed by atoms with Crippen molar-refractivity contribution in [2.45, 2.75) is 39.0 Å². The number of piperazine rings is 1. The molecule has 0 radical (unpaired) electrons. The number of allylic oxidation sites excluding steroid dienone is 2. The molecule has 45 heavy (non-hydrogen) atoms. The van der Waals surface area contributed by atoms with E-state index in [1.165, 1.54) is 19.2 Å². The SMILES string of the molecule is C#Cc1cccc(F)c1C1C(C(=O)OC)=C(C)NC(C)=C1C(=O)OC(C)[N+]1(C(c2ccccc2)c2ccccc2)CCNCC1. The third kappa shape index (κ3) is 6.02. The second kappa shape index (κ2) is 13.5. The third-order valence-electron chi connectivity index (χ3n) is 9.04. The van der Waals surface area contributed by atoms with Crippen molar-refractivity contribution in [1.29, 1.82) is 0 Å². The van der Waals surface area contributed by atoms with Gasteiger partial charge in [-0.1, -0.05) is 72.7 Å². The number of carbonyl (C=O) groups excluding carboxylic acids is 2. The van der Waals surface area contributed by atoms with E-state index in [4.69, 9.17) is 15.9 Å². The van der Waals surface area contributed by atoms with Crippen molar-refractivity contribution >= 4 is 11.9 Å². The lowest BCUT2D eigenvalue weighted by molar-refractivity contribution is -0.990. The van der Waals surface area contributed by atoms with E-state index in [2.05, 4.69) is 40.8 Å². The Morgan fingerprint density at radius 2 is 1.44 bits per heavy atom. The molecule has 0 aromatic heterocycles. The molecular formula is C37H39FN3O4+. The number of terminal acetylenes is 1. The predicted octanol–water partition coefficient (Wildman–Crippen LogP) is 5.31. The zero-order valence-corrected chi connectivity index (χ0v) is 26.1. The number of methoxy groups -OCH3 is 1. The zero-order valence-electron chi connectivity index (χ0n) is 26.1. The quantitative estimate of drug-likeness (QED) is 0.205. The standard InChI is InChI=1S/C37H38FN3O4/c1-6-27-18-13-19-30(38)33(27)34-31(36(42)44-5)24(2)40-25(3)32(34)37(43)45-26(4)41(22-20-39-21-23-41)35(28-14-9-7-10-15-28)29-16-11-8-12-17-29/h1,7-19,26,34-35,39H,20-23H2,2-5H3/p+1. The van der Waals surface area contributed by atoms with Gasteiger partial charge in [-0.15, -0.1) is 6.42 Å². The van der Waals surface area contributed by atoms with Crippen molar-refractivity contribution in [2.24, 2.45) is 0 Å². The molecule has 232 valence electrons. The van der Waals surface area contributed by atoms with Gasteiger partial charge < -0.3 is 20.1 Å². The molecule has 5 rings (SSSR count). The van der Waals surface area contributed by atoms with Gasteiger partial charge in [-0.05, 0) is 26.0 Å². The molecule has 8 heteroatoms. The monoisotopic (exact) mass is 608 g/mol. The maximum atomic E-state index is 15.7. The van der Waals surface area contributed by atoms with Crippen LogP contribution in [0.2, 0.25) is 0 Å². The molecule has 0 amide bonds. The predicted molar refractivity (Wildman–Crippen MR) is 171 cm³/mol. The highest BCUT2D eigenvalue weighted by Crippen LogP contribution is 2.43. The average molecular weight is 609 g/mol. The molecular weight excluding hydrogens is 569 g/mol. The number of carbonyl (C=O) groups is 2. The lowest BCUT2D eigenvalue weighted by atomic mass is 9.78. The Bertz CT molecular complexity index is 1630. The average Bonchev–Trinajstić information content (AvgIpc) is 3.05. The van der Waals surface area contributed by atoms with Gasteiger partial charge in [-0.25, -0.2) is 14.0 Å². The lowest BCUT2D eigenvalue weighted by Crippen LogP contribution is -2.65. The van der Waals surface area contributed by atoms with Gasteiger partial charge in [0.1, 0.15) is 11.9 Å². The number of hydrogen-bond donors (Lipinski definition) is 2. The summed E-state index contributed by atoms with van der Waals surface area (Å²) in [7, 11) is 1.25. The molecule has 0 saturated carbocycles. The molecule has 2 aliphatic rings. The molecule has 0 aliphatic carbocycles. The Morgan fingerprint density at radius 3 is 1.98 bits per heavy atom. The second-order valence-corrected chi connectivity index (χ2v) is 11.5. The fraction of sp³-hybridized carbons (Fsp3) is 0.297. The van der Waals surface area contributed by atoms with Crippen LogP contribution in [-0.2, 0) is 19.1 Å². The highest BCUT2D eigenvalue weighted by Gasteiger charge is 2.48. The number of esters is 2. The molecule has 1 fully saturated rings. The zero-order chi connectivity index (χ0) is 32.1. The molecule has 2 unspecified atom stereocenters. The molecule has 3 aromatic rings. The van der Waals surface area contributed by atoms with E-state index in [0.29, 0.717) is 29.0 Å². The summed E-state index contributed by atoms with van der Waals surface area (Å²) in [5.41, 5.74) is 3.61. The van der Waals surface area contributed by atoms with Crippen molar-refractivity contribution in [1.82, 2.24) is 10.6 Å². The number of dihydropyridines is 1. The molecule has 2 N–H and O–H groups in total. The minimum atomic E-state index is -1.14. The summed E-state index contributed by atoms with van der Waals surface area (Å²) in [6.45, 7) is 8.19. The second-order valence-electron chi connectivity index (χ2n) is 11.5. The summed E-state index contributed by atoms with van der Waals surface area (Å²) in [6, 6.07) is 24.7. The van der Waals surface area contributed by atoms with Crippen molar-refractivity contribution in [3.05, 3.63) is 129 Å². The van der Waals surface area contributed by atoms with Gasteiger partial charge in [-0.3, -0.25) is 4.48 Å². The van der Waals surface area contributed by atoms with E-state index < -0.39 is 29.9 Å². The Hall–Kier alpha value is -4.71. The van der Waals surface area contributed by atoms with Crippen LogP contribution in [-0.4, -0.2) is 55.9 Å². The first-order valence-electron chi connectivity index (χ1n) is 15.1. The van der Waals surface area contributed by atoms with Gasteiger partial charge in [0, 0.05) is 53.7 Å². The molecule has 0 bridgehead atoms. The highest BCUT2D eigenvalue weighted by atomic mass is 19.1. The van der Waals surface area contributed by atoms with E-state index in [1.807, 2.05) is 43.3 Å². The number of quaternary nitrogens is 1. The minimum absolute atomic E-state index is 0.0534. The first kappa shape index (κ1) is 31.7. The third-order valence-corrected chi connectivity index (χ3v) is 9.04. The number of benzene rings is 3. The van der Waals surface area contributed by atoms with Crippen LogP contribution in [0, 0.1) is 18.2 Å². The smallest absolute Gasteiger partial charge is 0.341 e. The maximum Gasteiger partial charge on any atom is 0.341 e. The fourth-order valence-electron chi connectivity index (χ4n) is 6.91. The summed E-state index contributed by atoms with van der Waals surface area (Å²) < 4.78 is 27.7. The van der Waals surface area contributed by atoms with Crippen LogP contribution in [0.15, 0.2) is 101 Å². The highest BCUT2D eigenvalue weighted by molar-refractivity contribution is 6.00. The minimum Gasteiger partial charge on any atom is -0.466 e. The van der Waals surface area contributed by atoms with Crippen LogP contribution in [0.5, 0.6) is 0 Å². The van der Waals surface area contributed by atoms with Gasteiger partial charge in [0.2, 0.25) is 6.23 Å². The van der Waals surface area contributed by atoms with Crippen molar-refractivity contribution in [2.75, 3.05) is 33.3 Å². The summed E-state index contributed by atoms with van der Waals surface area (Å²) in [4.78, 5) is 27.7. The Balaban J connectivity index is 1.61. The molecule has 2 heterocycles. The summed E-state index contributed by atoms with van der Waals surface area (Å²) in [6.07, 6.45) is 5.19. The maximum absolute atomic E-state index is 15.7. The molecule has 1 saturated heterocycles. The van der Waals surface area contributed by atoms with Crippen LogP contribution in [0.1, 0.15) is 55.0 Å². The number of nitrogens with one attached hydrogen (secondary N) is 2. The normalized spacial score (nSPS) is 18.6. The molecule has 2 atom stereocenters. The first-order valence-corrected chi connectivity index (χ1v) is 15.1. The van der Waals surface area contributed by atoms with Crippen LogP contribution in [0.4, 0.5) is 4.39 Å². The number of hydrogen-bond acceptors (Lipinski definition) is 6. The van der Waals surface area contributed by atoms with E-state index in [9.17, 15) is 9.59 Å². The summed E-state index contributed by atoms with van der Waals surface area (Å²) >= 11 is 0. The molecule has 0 spiro atoms. The van der Waals surface area contributed by atoms with Gasteiger partial charge in [0.05, 0.1) is 37.3 Å². The topological polar surface area (TPSA) is 76.7 Å². The van der Waals surface area contributed by atoms with Crippen LogP contribution >= 0.6 is 0 Å². The molecule has 2 aliphatic heterocycles. The van der Waals surface area contributed by atoms with E-state index in [-0.39, 0.29) is 28.3 Å². The van der Waals surface area contributed by atoms with Crippen LogP contribution in [0.25, 0.3) is 0 Å². The largest absolute Gasteiger partial charge is 0.466 e. The number of nitrogens with zero attached hydrogens (tertiary/aromatic N) is 1. The number of halogens is 1. The van der Waals surface area contributed by atoms with Crippen molar-refractivity contribution in [3.8, 4) is 12.3 Å². The van der Waals surface area contributed by atoms with Crippen molar-refractivity contribution < 1.29 is 27.9 Å². The first-order chi connectivity index (χ1) is 21.7. The van der Waals surface area contributed by atoms with E-state index in [1.54, 1.807) is 19.9 Å². The lowest BCUT2D eigenvalue weighted by Gasteiger charge is -2.50. The van der Waals surface area contributed by atoms with E-state index >= 15 is 4.39 Å². The van der Waals surface area contributed by atoms with Gasteiger partial charge >= 0.3 is 11.9 Å². The van der Waals surface area contributed by atoms with Gasteiger partial charge in [-0.2, -0.15) is 0 Å². The van der Waals surface area contributed by atoms with Gasteiger partial charge in [0.25, 0.3) is 0 Å². The fourth-order valence-corrected chi connectivity index (χ4v) is 6.91. The Morgan fingerprint density at radius 1 is 0.889 bits per heavy atom. The Labute approximate surface area is 264 Å². The Kier molecular flexibility index (Phi) is 9.52. The summed E-state index contributed by atoms with van der Waals surface area (Å²) in [5, 5.41) is 6.60. The van der Waals surface area contributed by atoms with Crippen LogP contribution in [0.3, 0.4) is 0 Å². The van der Waals surface area contributed by atoms with E-state index in [0.717, 1.165) is 24.2 Å². The summed E-state index contributed by atoms with van der Waals surface area (Å²) in [5.74, 6) is -0.588. The molecule has 3 aromatic carbocycles. The number of rotatable bonds is 8. The van der Waals surface area contributed by atoms with Gasteiger partial charge in [0.15, 0.2) is 0 Å². The molecule has 7 nitrogen and oxygen atoms in total.